The van der Waals surface area contributed by atoms with Gasteiger partial charge in [0.15, 0.2) is 0 Å². The first-order chi connectivity index (χ1) is 9.47. The van der Waals surface area contributed by atoms with E-state index >= 15 is 0 Å². The molecule has 0 spiro atoms. The number of hydrogen-bond acceptors (Lipinski definition) is 2. The fourth-order valence-electron chi connectivity index (χ4n) is 1.86. The fraction of sp³-hybridized carbons (Fsp3) is 0.200. The van der Waals surface area contributed by atoms with Crippen molar-refractivity contribution in [2.75, 3.05) is 0 Å². The van der Waals surface area contributed by atoms with Gasteiger partial charge in [0.1, 0.15) is 5.75 Å². The van der Waals surface area contributed by atoms with E-state index in [1.807, 2.05) is 0 Å². The number of para-hydroxylation sites is 1. The van der Waals surface area contributed by atoms with E-state index < -0.39 is 11.7 Å². The lowest BCUT2D eigenvalue weighted by Gasteiger charge is -2.10. The first-order valence-corrected chi connectivity index (χ1v) is 6.10. The molecule has 0 fully saturated rings. The van der Waals surface area contributed by atoms with Crippen molar-refractivity contribution in [3.05, 3.63) is 65.2 Å². The fourth-order valence-corrected chi connectivity index (χ4v) is 1.86. The summed E-state index contributed by atoms with van der Waals surface area (Å²) in [5.41, 5.74) is 0.606. The molecule has 0 aliphatic rings. The molecule has 0 bridgehead atoms. The SMILES string of the molecule is Oc1ccccc1CNCc1cccc(C(F)(F)F)c1. The lowest BCUT2D eigenvalue weighted by Crippen LogP contribution is -2.13. The van der Waals surface area contributed by atoms with Crippen LogP contribution < -0.4 is 5.32 Å². The van der Waals surface area contributed by atoms with E-state index in [0.29, 0.717) is 24.2 Å². The van der Waals surface area contributed by atoms with E-state index in [1.54, 1.807) is 30.3 Å². The number of phenolic OH excluding ortho intramolecular Hbond substituents is 1. The molecule has 2 nitrogen and oxygen atoms in total. The van der Waals surface area contributed by atoms with Gasteiger partial charge in [-0.05, 0) is 17.7 Å². The Labute approximate surface area is 114 Å². The van der Waals surface area contributed by atoms with Crippen LogP contribution in [0.15, 0.2) is 48.5 Å². The molecule has 2 aromatic rings. The Balaban J connectivity index is 1.97. The number of hydrogen-bond donors (Lipinski definition) is 2. The van der Waals surface area contributed by atoms with Crippen molar-refractivity contribution < 1.29 is 18.3 Å². The van der Waals surface area contributed by atoms with Crippen LogP contribution in [-0.4, -0.2) is 5.11 Å². The minimum Gasteiger partial charge on any atom is -0.508 e. The summed E-state index contributed by atoms with van der Waals surface area (Å²) in [6.07, 6.45) is -4.33. The maximum Gasteiger partial charge on any atom is 0.416 e. The summed E-state index contributed by atoms with van der Waals surface area (Å²) in [7, 11) is 0. The van der Waals surface area contributed by atoms with Gasteiger partial charge < -0.3 is 10.4 Å². The molecule has 20 heavy (non-hydrogen) atoms. The molecule has 2 aromatic carbocycles. The normalized spacial score (nSPS) is 11.6. The second-order valence-electron chi connectivity index (χ2n) is 4.43. The average Bonchev–Trinajstić information content (AvgIpc) is 2.40. The molecular weight excluding hydrogens is 267 g/mol. The Morgan fingerprint density at radius 1 is 0.950 bits per heavy atom. The van der Waals surface area contributed by atoms with Gasteiger partial charge in [0, 0.05) is 18.7 Å². The van der Waals surface area contributed by atoms with Crippen LogP contribution >= 0.6 is 0 Å². The first kappa shape index (κ1) is 14.4. The molecule has 0 atom stereocenters. The molecule has 0 aliphatic heterocycles. The third-order valence-corrected chi connectivity index (χ3v) is 2.89. The van der Waals surface area contributed by atoms with E-state index in [2.05, 4.69) is 5.32 Å². The largest absolute Gasteiger partial charge is 0.508 e. The second kappa shape index (κ2) is 5.96. The van der Waals surface area contributed by atoms with Crippen molar-refractivity contribution in [2.24, 2.45) is 0 Å². The van der Waals surface area contributed by atoms with Gasteiger partial charge in [0.25, 0.3) is 0 Å². The lowest BCUT2D eigenvalue weighted by atomic mass is 10.1. The summed E-state index contributed by atoms with van der Waals surface area (Å²) in [6.45, 7) is 0.696. The van der Waals surface area contributed by atoms with E-state index in [4.69, 9.17) is 0 Å². The van der Waals surface area contributed by atoms with Crippen LogP contribution in [0, 0.1) is 0 Å². The molecule has 0 saturated carbocycles. The van der Waals surface area contributed by atoms with Gasteiger partial charge in [-0.15, -0.1) is 0 Å². The maximum atomic E-state index is 12.6. The van der Waals surface area contributed by atoms with Crippen molar-refractivity contribution in [3.63, 3.8) is 0 Å². The third kappa shape index (κ3) is 3.74. The zero-order valence-electron chi connectivity index (χ0n) is 10.6. The summed E-state index contributed by atoms with van der Waals surface area (Å²) in [5, 5.41) is 12.6. The standard InChI is InChI=1S/C15H14F3NO/c16-15(17,18)13-6-3-4-11(8-13)9-19-10-12-5-1-2-7-14(12)20/h1-8,19-20H,9-10H2. The van der Waals surface area contributed by atoms with Gasteiger partial charge in [-0.1, -0.05) is 36.4 Å². The average molecular weight is 281 g/mol. The molecular formula is C15H14F3NO. The molecule has 106 valence electrons. The van der Waals surface area contributed by atoms with Crippen molar-refractivity contribution in [3.8, 4) is 5.75 Å². The monoisotopic (exact) mass is 281 g/mol. The molecule has 0 amide bonds. The Bertz CT molecular complexity index is 581. The Hall–Kier alpha value is -2.01. The number of phenols is 1. The molecule has 0 aliphatic carbocycles. The van der Waals surface area contributed by atoms with Crippen LogP contribution in [0.2, 0.25) is 0 Å². The number of alkyl halides is 3. The first-order valence-electron chi connectivity index (χ1n) is 6.10. The number of nitrogens with one attached hydrogen (secondary N) is 1. The Morgan fingerprint density at radius 2 is 1.70 bits per heavy atom. The minimum atomic E-state index is -4.33. The minimum absolute atomic E-state index is 0.170. The van der Waals surface area contributed by atoms with Crippen LogP contribution in [0.1, 0.15) is 16.7 Å². The highest BCUT2D eigenvalue weighted by Crippen LogP contribution is 2.29. The maximum absolute atomic E-state index is 12.6. The highest BCUT2D eigenvalue weighted by Gasteiger charge is 2.30. The highest BCUT2D eigenvalue weighted by atomic mass is 19.4. The predicted molar refractivity (Wildman–Crippen MR) is 70.1 cm³/mol. The summed E-state index contributed by atoms with van der Waals surface area (Å²) < 4.78 is 37.7. The van der Waals surface area contributed by atoms with Crippen LogP contribution in [0.4, 0.5) is 13.2 Å². The summed E-state index contributed by atoms with van der Waals surface area (Å²) >= 11 is 0. The van der Waals surface area contributed by atoms with Gasteiger partial charge in [-0.3, -0.25) is 0 Å². The number of benzene rings is 2. The van der Waals surface area contributed by atoms with E-state index in [-0.39, 0.29) is 5.75 Å². The van der Waals surface area contributed by atoms with Crippen LogP contribution in [0.5, 0.6) is 5.75 Å². The van der Waals surface area contributed by atoms with Gasteiger partial charge >= 0.3 is 6.18 Å². The predicted octanol–water partition coefficient (Wildman–Crippen LogP) is 3.70. The lowest BCUT2D eigenvalue weighted by molar-refractivity contribution is -0.137. The summed E-state index contributed by atoms with van der Waals surface area (Å²) in [5.74, 6) is 0.170. The molecule has 2 rings (SSSR count). The molecule has 0 aromatic heterocycles. The van der Waals surface area contributed by atoms with Crippen LogP contribution in [0.25, 0.3) is 0 Å². The van der Waals surface area contributed by atoms with Crippen molar-refractivity contribution in [1.82, 2.24) is 5.32 Å². The zero-order valence-corrected chi connectivity index (χ0v) is 10.6. The third-order valence-electron chi connectivity index (χ3n) is 2.89. The smallest absolute Gasteiger partial charge is 0.416 e. The van der Waals surface area contributed by atoms with Gasteiger partial charge in [0.2, 0.25) is 0 Å². The topological polar surface area (TPSA) is 32.3 Å². The number of rotatable bonds is 4. The van der Waals surface area contributed by atoms with E-state index in [0.717, 1.165) is 12.1 Å². The van der Waals surface area contributed by atoms with Gasteiger partial charge in [-0.2, -0.15) is 13.2 Å². The van der Waals surface area contributed by atoms with E-state index in [1.165, 1.54) is 6.07 Å². The molecule has 0 radical (unpaired) electrons. The Kier molecular flexibility index (Phi) is 4.29. The quantitative estimate of drug-likeness (QED) is 0.895. The molecule has 5 heteroatoms. The number of aromatic hydroxyl groups is 1. The van der Waals surface area contributed by atoms with Crippen LogP contribution in [-0.2, 0) is 19.3 Å². The molecule has 0 saturated heterocycles. The molecule has 0 heterocycles. The van der Waals surface area contributed by atoms with Gasteiger partial charge in [-0.25, -0.2) is 0 Å². The van der Waals surface area contributed by atoms with E-state index in [9.17, 15) is 18.3 Å². The Morgan fingerprint density at radius 3 is 2.40 bits per heavy atom. The molecule has 2 N–H and O–H groups in total. The summed E-state index contributed by atoms with van der Waals surface area (Å²) in [6, 6.07) is 12.0. The zero-order chi connectivity index (χ0) is 14.6. The van der Waals surface area contributed by atoms with Crippen LogP contribution in [0.3, 0.4) is 0 Å². The molecule has 0 unspecified atom stereocenters. The highest BCUT2D eigenvalue weighted by molar-refractivity contribution is 5.31. The van der Waals surface area contributed by atoms with Gasteiger partial charge in [0.05, 0.1) is 5.56 Å². The van der Waals surface area contributed by atoms with Crippen molar-refractivity contribution in [1.29, 1.82) is 0 Å². The number of halogens is 3. The van der Waals surface area contributed by atoms with Crippen molar-refractivity contribution in [2.45, 2.75) is 19.3 Å². The summed E-state index contributed by atoms with van der Waals surface area (Å²) in [4.78, 5) is 0. The van der Waals surface area contributed by atoms with Crippen molar-refractivity contribution >= 4 is 0 Å². The second-order valence-corrected chi connectivity index (χ2v) is 4.43.